The summed E-state index contributed by atoms with van der Waals surface area (Å²) in [6.45, 7) is 10.8. The molecule has 0 fully saturated rings. The smallest absolute Gasteiger partial charge is 0.194 e. The van der Waals surface area contributed by atoms with E-state index in [1.807, 2.05) is 32.1 Å². The zero-order valence-electron chi connectivity index (χ0n) is 13.7. The van der Waals surface area contributed by atoms with Crippen molar-refractivity contribution >= 4 is 39.2 Å². The molecule has 0 aliphatic carbocycles. The quantitative estimate of drug-likeness (QED) is 0.555. The van der Waals surface area contributed by atoms with Gasteiger partial charge in [0.05, 0.1) is 0 Å². The molecular formula is C13H24ClFN2OS2Si. The summed E-state index contributed by atoms with van der Waals surface area (Å²) in [5.74, 6) is -0.515. The fourth-order valence-corrected chi connectivity index (χ4v) is 9.51. The normalized spacial score (nSPS) is 16.1. The minimum Gasteiger partial charge on any atom is -0.304 e. The third kappa shape index (κ3) is 4.76. The Kier molecular flexibility index (Phi) is 5.70. The van der Waals surface area contributed by atoms with Crippen LogP contribution < -0.4 is 0 Å². The van der Waals surface area contributed by atoms with Crippen molar-refractivity contribution in [3.63, 3.8) is 0 Å². The van der Waals surface area contributed by atoms with Gasteiger partial charge in [-0.15, -0.1) is 11.3 Å². The number of hydrogen-bond donors (Lipinski definition) is 0. The van der Waals surface area contributed by atoms with Crippen LogP contribution in [0.2, 0.25) is 18.1 Å². The summed E-state index contributed by atoms with van der Waals surface area (Å²) >= 11 is 1.15. The summed E-state index contributed by atoms with van der Waals surface area (Å²) in [5.41, 5.74) is 0. The van der Waals surface area contributed by atoms with Crippen LogP contribution in [-0.2, 0) is 15.5 Å². The van der Waals surface area contributed by atoms with E-state index < -0.39 is 23.0 Å². The van der Waals surface area contributed by atoms with Gasteiger partial charge >= 0.3 is 0 Å². The second-order valence-electron chi connectivity index (χ2n) is 6.94. The first kappa shape index (κ1) is 19.1. The van der Waals surface area contributed by atoms with Crippen LogP contribution in [0.1, 0.15) is 25.6 Å². The molecular weight excluding hydrogens is 347 g/mol. The van der Waals surface area contributed by atoms with Crippen molar-refractivity contribution in [3.8, 4) is 0 Å². The highest BCUT2D eigenvalue weighted by Gasteiger charge is 2.38. The van der Waals surface area contributed by atoms with E-state index in [2.05, 4.69) is 24.8 Å². The number of rotatable bonds is 4. The predicted molar refractivity (Wildman–Crippen MR) is 93.6 cm³/mol. The molecule has 1 heterocycles. The molecule has 1 aromatic heterocycles. The second-order valence-corrected chi connectivity index (χ2v) is 16.3. The SMILES string of the molecule is CN(C)Cc1cc(F)c(S(=O)(Cl)=N[Si](C)(C)C(C)(C)C)s1. The van der Waals surface area contributed by atoms with Crippen LogP contribution in [0.25, 0.3) is 0 Å². The van der Waals surface area contributed by atoms with Gasteiger partial charge in [0.25, 0.3) is 0 Å². The summed E-state index contributed by atoms with van der Waals surface area (Å²) in [4.78, 5) is 2.72. The molecule has 0 radical (unpaired) electrons. The van der Waals surface area contributed by atoms with Gasteiger partial charge < -0.3 is 4.90 Å². The first-order chi connectivity index (χ1) is 9.26. The lowest BCUT2D eigenvalue weighted by atomic mass is 10.2. The summed E-state index contributed by atoms with van der Waals surface area (Å²) in [5, 5.41) is -0.0925. The molecule has 1 atom stereocenters. The molecule has 122 valence electrons. The van der Waals surface area contributed by atoms with E-state index in [-0.39, 0.29) is 9.25 Å². The molecule has 0 saturated carbocycles. The Labute approximate surface area is 137 Å². The molecule has 1 aromatic rings. The van der Waals surface area contributed by atoms with Gasteiger partial charge in [-0.25, -0.2) is 8.60 Å². The molecule has 0 N–H and O–H groups in total. The molecule has 21 heavy (non-hydrogen) atoms. The van der Waals surface area contributed by atoms with Gasteiger partial charge in [-0.1, -0.05) is 20.8 Å². The molecule has 1 rings (SSSR count). The standard InChI is InChI=1S/C13H24ClFN2OS2Si/c1-13(2,3)21(6,7)16-20(14,18)12-11(15)8-10(19-12)9-17(4)5/h8H,9H2,1-7H3. The van der Waals surface area contributed by atoms with Crippen LogP contribution >= 0.6 is 22.0 Å². The largest absolute Gasteiger partial charge is 0.304 e. The van der Waals surface area contributed by atoms with Gasteiger partial charge in [0.15, 0.2) is 27.2 Å². The van der Waals surface area contributed by atoms with Gasteiger partial charge in [-0.3, -0.25) is 4.03 Å². The van der Waals surface area contributed by atoms with Gasteiger partial charge in [0.1, 0.15) is 0 Å². The molecule has 1 unspecified atom stereocenters. The van der Waals surface area contributed by atoms with Crippen molar-refractivity contribution in [2.45, 2.75) is 49.7 Å². The van der Waals surface area contributed by atoms with Crippen molar-refractivity contribution < 1.29 is 8.60 Å². The maximum Gasteiger partial charge on any atom is 0.194 e. The lowest BCUT2D eigenvalue weighted by Crippen LogP contribution is -2.35. The topological polar surface area (TPSA) is 32.7 Å². The Hall–Kier alpha value is 0.0469. The molecule has 0 aliphatic rings. The van der Waals surface area contributed by atoms with Crippen molar-refractivity contribution in [1.82, 2.24) is 4.90 Å². The fraction of sp³-hybridized carbons (Fsp3) is 0.692. The monoisotopic (exact) mass is 370 g/mol. The van der Waals surface area contributed by atoms with Crippen LogP contribution in [0, 0.1) is 5.82 Å². The van der Waals surface area contributed by atoms with Crippen LogP contribution in [0.5, 0.6) is 0 Å². The highest BCUT2D eigenvalue weighted by molar-refractivity contribution is 8.17. The Balaban J connectivity index is 3.32. The van der Waals surface area contributed by atoms with E-state index in [0.717, 1.165) is 16.2 Å². The number of hydrogen-bond acceptors (Lipinski definition) is 4. The third-order valence-corrected chi connectivity index (χ3v) is 13.9. The Morgan fingerprint density at radius 1 is 1.43 bits per heavy atom. The zero-order valence-corrected chi connectivity index (χ0v) is 17.0. The first-order valence-corrected chi connectivity index (χ1v) is 12.8. The minimum atomic E-state index is -3.21. The Bertz CT molecular complexity index is 629. The van der Waals surface area contributed by atoms with Crippen molar-refractivity contribution in [2.75, 3.05) is 14.1 Å². The van der Waals surface area contributed by atoms with Gasteiger partial charge in [-0.2, -0.15) is 0 Å². The lowest BCUT2D eigenvalue weighted by Gasteiger charge is -2.32. The van der Waals surface area contributed by atoms with Crippen molar-refractivity contribution in [1.29, 1.82) is 0 Å². The van der Waals surface area contributed by atoms with Crippen LogP contribution in [-0.4, -0.2) is 31.4 Å². The molecule has 0 aromatic carbocycles. The minimum absolute atomic E-state index is 0.0610. The van der Waals surface area contributed by atoms with Crippen LogP contribution in [0.4, 0.5) is 4.39 Å². The van der Waals surface area contributed by atoms with Crippen LogP contribution in [0.15, 0.2) is 14.3 Å². The average Bonchev–Trinajstić information content (AvgIpc) is 2.55. The summed E-state index contributed by atoms with van der Waals surface area (Å²) < 4.78 is 31.4. The Morgan fingerprint density at radius 3 is 2.38 bits per heavy atom. The highest BCUT2D eigenvalue weighted by atomic mass is 35.7. The van der Waals surface area contributed by atoms with Gasteiger partial charge in [0.2, 0.25) is 0 Å². The molecule has 0 saturated heterocycles. The number of thiophene rings is 1. The molecule has 3 nitrogen and oxygen atoms in total. The zero-order chi connectivity index (χ0) is 16.6. The van der Waals surface area contributed by atoms with Crippen LogP contribution in [0.3, 0.4) is 0 Å². The van der Waals surface area contributed by atoms with E-state index in [4.69, 9.17) is 10.7 Å². The molecule has 0 bridgehead atoms. The van der Waals surface area contributed by atoms with E-state index in [1.54, 1.807) is 0 Å². The fourth-order valence-electron chi connectivity index (χ4n) is 1.43. The maximum absolute atomic E-state index is 14.1. The van der Waals surface area contributed by atoms with E-state index in [1.165, 1.54) is 6.07 Å². The van der Waals surface area contributed by atoms with Gasteiger partial charge in [-0.05, 0) is 38.3 Å². The average molecular weight is 371 g/mol. The summed E-state index contributed by atoms with van der Waals surface area (Å²) in [7, 11) is 4.52. The van der Waals surface area contributed by atoms with Crippen molar-refractivity contribution in [2.24, 2.45) is 4.03 Å². The lowest BCUT2D eigenvalue weighted by molar-refractivity contribution is 0.406. The molecule has 0 amide bonds. The van der Waals surface area contributed by atoms with Gasteiger partial charge in [0, 0.05) is 22.1 Å². The first-order valence-electron chi connectivity index (χ1n) is 6.67. The highest BCUT2D eigenvalue weighted by Crippen LogP contribution is 2.40. The second kappa shape index (κ2) is 6.27. The predicted octanol–water partition coefficient (Wildman–Crippen LogP) is 4.93. The van der Waals surface area contributed by atoms with E-state index >= 15 is 0 Å². The van der Waals surface area contributed by atoms with E-state index in [9.17, 15) is 8.60 Å². The molecule has 0 aliphatic heterocycles. The van der Waals surface area contributed by atoms with E-state index in [0.29, 0.717) is 6.54 Å². The maximum atomic E-state index is 14.1. The Morgan fingerprint density at radius 2 is 1.95 bits per heavy atom. The molecule has 0 spiro atoms. The molecule has 8 heteroatoms. The summed E-state index contributed by atoms with van der Waals surface area (Å²) in [6, 6.07) is 1.41. The number of halogens is 2. The third-order valence-electron chi connectivity index (χ3n) is 3.59. The van der Waals surface area contributed by atoms with Crippen molar-refractivity contribution in [3.05, 3.63) is 16.8 Å². The number of nitrogens with zero attached hydrogens (tertiary/aromatic N) is 2. The summed E-state index contributed by atoms with van der Waals surface area (Å²) in [6.07, 6.45) is 0.